The smallest absolute Gasteiger partial charge is 0.408 e. The van der Waals surface area contributed by atoms with Crippen molar-refractivity contribution in [2.75, 3.05) is 29.9 Å². The standard InChI is InChI=1S/C35H37N5O4S/c1-34(2,3)44-33(43)37-35(15-16-35)32(42)38(4)22-13-14-27-26(20-22)24-11-8-10-23(30(24)45-27)25-12-9-19-40-29(41)21-28(36-31(25)40)39-17-6-5-7-18-39/h8-14,19-21H,5-7,15-18H2,1-4H3,(H,37,43). The Morgan fingerprint density at radius 3 is 2.47 bits per heavy atom. The Labute approximate surface area is 265 Å². The van der Waals surface area contributed by atoms with Crippen LogP contribution in [0.5, 0.6) is 0 Å². The van der Waals surface area contributed by atoms with Crippen molar-refractivity contribution in [3.05, 3.63) is 71.1 Å². The van der Waals surface area contributed by atoms with Crippen LogP contribution in [0, 0.1) is 0 Å². The van der Waals surface area contributed by atoms with E-state index in [4.69, 9.17) is 9.72 Å². The Kier molecular flexibility index (Phi) is 7.07. The molecule has 0 radical (unpaired) electrons. The van der Waals surface area contributed by atoms with Crippen LogP contribution in [0.1, 0.15) is 52.9 Å². The summed E-state index contributed by atoms with van der Waals surface area (Å²) >= 11 is 1.69. The van der Waals surface area contributed by atoms with Gasteiger partial charge in [-0.1, -0.05) is 18.2 Å². The van der Waals surface area contributed by atoms with Crippen molar-refractivity contribution in [3.8, 4) is 11.1 Å². The quantitative estimate of drug-likeness (QED) is 0.233. The van der Waals surface area contributed by atoms with Crippen molar-refractivity contribution in [3.63, 3.8) is 0 Å². The number of pyridine rings is 1. The van der Waals surface area contributed by atoms with Gasteiger partial charge in [0, 0.05) is 69.4 Å². The zero-order valence-electron chi connectivity index (χ0n) is 26.1. The third-order valence-corrected chi connectivity index (χ3v) is 9.94. The van der Waals surface area contributed by atoms with Gasteiger partial charge in [0.25, 0.3) is 11.5 Å². The monoisotopic (exact) mass is 623 g/mol. The summed E-state index contributed by atoms with van der Waals surface area (Å²) in [5.41, 5.74) is 1.64. The molecule has 1 saturated heterocycles. The first-order valence-electron chi connectivity index (χ1n) is 15.6. The fourth-order valence-corrected chi connectivity index (χ4v) is 7.48. The molecule has 1 N–H and O–H groups in total. The maximum absolute atomic E-state index is 13.6. The normalized spacial score (nSPS) is 16.2. The largest absolute Gasteiger partial charge is 0.444 e. The van der Waals surface area contributed by atoms with Crippen LogP contribution in [0.2, 0.25) is 0 Å². The molecule has 2 amide bonds. The van der Waals surface area contributed by atoms with Gasteiger partial charge in [-0.15, -0.1) is 11.3 Å². The number of benzene rings is 2. The lowest BCUT2D eigenvalue weighted by atomic mass is 10.0. The Bertz CT molecular complexity index is 2030. The number of rotatable bonds is 5. The van der Waals surface area contributed by atoms with Gasteiger partial charge in [0.05, 0.1) is 0 Å². The topological polar surface area (TPSA) is 96.2 Å². The zero-order valence-corrected chi connectivity index (χ0v) is 26.9. The van der Waals surface area contributed by atoms with Crippen molar-refractivity contribution in [1.29, 1.82) is 0 Å². The van der Waals surface area contributed by atoms with E-state index in [9.17, 15) is 14.4 Å². The first-order valence-corrected chi connectivity index (χ1v) is 16.4. The molecule has 5 aromatic rings. The molecule has 7 rings (SSSR count). The molecule has 3 aromatic heterocycles. The van der Waals surface area contributed by atoms with E-state index in [1.165, 1.54) is 6.42 Å². The molecule has 1 aliphatic carbocycles. The van der Waals surface area contributed by atoms with Crippen LogP contribution < -0.4 is 20.7 Å². The number of aromatic nitrogens is 2. The number of piperidine rings is 1. The van der Waals surface area contributed by atoms with Crippen molar-refractivity contribution in [1.82, 2.24) is 14.7 Å². The zero-order chi connectivity index (χ0) is 31.5. The molecule has 9 nitrogen and oxygen atoms in total. The Hall–Kier alpha value is -4.44. The third-order valence-electron chi connectivity index (χ3n) is 8.72. The van der Waals surface area contributed by atoms with Gasteiger partial charge in [0.1, 0.15) is 22.6 Å². The number of hydrogen-bond donors (Lipinski definition) is 1. The van der Waals surface area contributed by atoms with E-state index < -0.39 is 17.2 Å². The van der Waals surface area contributed by atoms with Crippen LogP contribution >= 0.6 is 11.3 Å². The third kappa shape index (κ3) is 5.41. The second kappa shape index (κ2) is 10.9. The molecule has 2 fully saturated rings. The fourth-order valence-electron chi connectivity index (χ4n) is 6.27. The molecule has 232 valence electrons. The molecule has 4 heterocycles. The highest BCUT2D eigenvalue weighted by Gasteiger charge is 2.53. The number of fused-ring (bicyclic) bond motifs is 4. The number of alkyl carbamates (subject to hydrolysis) is 1. The first kappa shape index (κ1) is 29.3. The predicted molar refractivity (Wildman–Crippen MR) is 181 cm³/mol. The van der Waals surface area contributed by atoms with Crippen molar-refractivity contribution in [2.45, 2.75) is 64.0 Å². The van der Waals surface area contributed by atoms with Gasteiger partial charge in [-0.25, -0.2) is 9.78 Å². The van der Waals surface area contributed by atoms with Crippen molar-refractivity contribution in [2.24, 2.45) is 0 Å². The molecule has 2 aliphatic rings. The average Bonchev–Trinajstić information content (AvgIpc) is 3.70. The van der Waals surface area contributed by atoms with E-state index in [1.807, 2.05) is 36.4 Å². The van der Waals surface area contributed by atoms with Gasteiger partial charge in [0.15, 0.2) is 0 Å². The van der Waals surface area contributed by atoms with E-state index in [1.54, 1.807) is 60.7 Å². The number of nitrogens with one attached hydrogen (secondary N) is 1. The van der Waals surface area contributed by atoms with E-state index in [0.717, 1.165) is 68.7 Å². The summed E-state index contributed by atoms with van der Waals surface area (Å²) in [5.74, 6) is 0.576. The molecular formula is C35H37N5O4S. The highest BCUT2D eigenvalue weighted by molar-refractivity contribution is 7.26. The molecule has 0 spiro atoms. The highest BCUT2D eigenvalue weighted by Crippen LogP contribution is 2.43. The average molecular weight is 624 g/mol. The minimum atomic E-state index is -0.942. The Morgan fingerprint density at radius 2 is 1.73 bits per heavy atom. The number of anilines is 2. The van der Waals surface area contributed by atoms with Gasteiger partial charge in [0.2, 0.25) is 0 Å². The number of nitrogens with zero attached hydrogens (tertiary/aromatic N) is 4. The molecule has 0 bridgehead atoms. The van der Waals surface area contributed by atoms with Gasteiger partial charge >= 0.3 is 6.09 Å². The van der Waals surface area contributed by atoms with Crippen LogP contribution in [-0.2, 0) is 9.53 Å². The minimum absolute atomic E-state index is 0.0853. The SMILES string of the molecule is CN(C(=O)C1(NC(=O)OC(C)(C)C)CC1)c1ccc2sc3c(-c4cccn5c(=O)cc(N6CCCCC6)nc45)cccc3c2c1. The predicted octanol–water partition coefficient (Wildman–Crippen LogP) is 6.74. The van der Waals surface area contributed by atoms with Crippen LogP contribution in [0.4, 0.5) is 16.3 Å². The molecule has 1 aliphatic heterocycles. The van der Waals surface area contributed by atoms with Gasteiger partial charge < -0.3 is 19.9 Å². The number of thiophene rings is 1. The summed E-state index contributed by atoms with van der Waals surface area (Å²) in [5, 5.41) is 4.93. The molecule has 1 saturated carbocycles. The van der Waals surface area contributed by atoms with Gasteiger partial charge in [-0.2, -0.15) is 0 Å². The van der Waals surface area contributed by atoms with E-state index in [2.05, 4.69) is 22.3 Å². The number of carbonyl (C=O) groups excluding carboxylic acids is 2. The highest BCUT2D eigenvalue weighted by atomic mass is 32.1. The summed E-state index contributed by atoms with van der Waals surface area (Å²) < 4.78 is 9.23. The van der Waals surface area contributed by atoms with Crippen LogP contribution in [-0.4, -0.2) is 52.7 Å². The number of amides is 2. The maximum atomic E-state index is 13.6. The molecule has 45 heavy (non-hydrogen) atoms. The van der Waals surface area contributed by atoms with Crippen molar-refractivity contribution < 1.29 is 14.3 Å². The second-order valence-corrected chi connectivity index (χ2v) is 14.2. The molecular weight excluding hydrogens is 586 g/mol. The van der Waals surface area contributed by atoms with E-state index >= 15 is 0 Å². The fraction of sp³-hybridized carbons (Fsp3) is 0.371. The first-order chi connectivity index (χ1) is 21.5. The van der Waals surface area contributed by atoms with E-state index in [-0.39, 0.29) is 11.5 Å². The van der Waals surface area contributed by atoms with Gasteiger partial charge in [-0.3, -0.25) is 14.0 Å². The number of carbonyl (C=O) groups is 2. The summed E-state index contributed by atoms with van der Waals surface area (Å²) in [6.07, 6.45) is 5.76. The molecule has 0 unspecified atom stereocenters. The van der Waals surface area contributed by atoms with Crippen LogP contribution in [0.15, 0.2) is 65.6 Å². The lowest BCUT2D eigenvalue weighted by Gasteiger charge is -2.27. The molecule has 0 atom stereocenters. The molecule has 10 heteroatoms. The Morgan fingerprint density at radius 1 is 0.978 bits per heavy atom. The second-order valence-electron chi connectivity index (χ2n) is 13.2. The summed E-state index contributed by atoms with van der Waals surface area (Å²) in [6.45, 7) is 7.22. The van der Waals surface area contributed by atoms with Crippen LogP contribution in [0.3, 0.4) is 0 Å². The van der Waals surface area contributed by atoms with E-state index in [0.29, 0.717) is 18.5 Å². The van der Waals surface area contributed by atoms with Gasteiger partial charge in [-0.05, 0) is 83.2 Å². The van der Waals surface area contributed by atoms with Crippen molar-refractivity contribution >= 4 is 60.7 Å². The summed E-state index contributed by atoms with van der Waals surface area (Å²) in [6, 6.07) is 17.8. The number of likely N-dealkylation sites (N-methyl/N-ethyl adjacent to an activating group) is 1. The summed E-state index contributed by atoms with van der Waals surface area (Å²) in [7, 11) is 1.75. The number of hydrogen-bond acceptors (Lipinski definition) is 7. The Balaban J connectivity index is 1.25. The number of ether oxygens (including phenoxy) is 1. The maximum Gasteiger partial charge on any atom is 0.408 e. The molecule has 2 aromatic carbocycles. The minimum Gasteiger partial charge on any atom is -0.444 e. The lowest BCUT2D eigenvalue weighted by Crippen LogP contribution is -2.50. The van der Waals surface area contributed by atoms with Crippen LogP contribution in [0.25, 0.3) is 36.9 Å². The summed E-state index contributed by atoms with van der Waals surface area (Å²) in [4.78, 5) is 48.2. The lowest BCUT2D eigenvalue weighted by molar-refractivity contribution is -0.121.